The minimum atomic E-state index is 0.745. The summed E-state index contributed by atoms with van der Waals surface area (Å²) >= 11 is 1.96. The number of nitrogen functional groups attached to an aromatic ring is 1. The smallest absolute Gasteiger partial charge is 0.134 e. The van der Waals surface area contributed by atoms with Crippen molar-refractivity contribution in [2.24, 2.45) is 0 Å². The molecule has 0 amide bonds. The third-order valence-corrected chi connectivity index (χ3v) is 4.68. The summed E-state index contributed by atoms with van der Waals surface area (Å²) in [6.45, 7) is 0. The summed E-state index contributed by atoms with van der Waals surface area (Å²) < 4.78 is 5.40. The van der Waals surface area contributed by atoms with Crippen molar-refractivity contribution in [1.82, 2.24) is 0 Å². The number of methoxy groups -OCH3 is 1. The molecule has 2 N–H and O–H groups in total. The summed E-state index contributed by atoms with van der Waals surface area (Å²) in [6.07, 6.45) is 8.20. The van der Waals surface area contributed by atoms with Gasteiger partial charge in [-0.3, -0.25) is 0 Å². The second-order valence-electron chi connectivity index (χ2n) is 4.64. The molecule has 0 aliphatic heterocycles. The molecule has 1 saturated carbocycles. The van der Waals surface area contributed by atoms with E-state index in [4.69, 9.17) is 10.5 Å². The number of rotatable bonds is 3. The molecule has 1 fully saturated rings. The molecule has 0 aromatic heterocycles. The maximum atomic E-state index is 5.77. The third-order valence-electron chi connectivity index (χ3n) is 3.28. The normalized spacial score (nSPS) is 17.7. The van der Waals surface area contributed by atoms with E-state index < -0.39 is 0 Å². The van der Waals surface area contributed by atoms with Gasteiger partial charge < -0.3 is 10.5 Å². The Balaban J connectivity index is 2.06. The van der Waals surface area contributed by atoms with Crippen LogP contribution in [-0.2, 0) is 0 Å². The molecule has 3 heteroatoms. The molecule has 0 saturated heterocycles. The van der Waals surface area contributed by atoms with E-state index in [2.05, 4.69) is 6.07 Å². The van der Waals surface area contributed by atoms with Crippen molar-refractivity contribution in [3.05, 3.63) is 18.2 Å². The second kappa shape index (κ2) is 6.20. The van der Waals surface area contributed by atoms with Crippen molar-refractivity contribution in [3.8, 4) is 5.75 Å². The van der Waals surface area contributed by atoms with Crippen molar-refractivity contribution in [2.75, 3.05) is 12.8 Å². The van der Waals surface area contributed by atoms with Crippen LogP contribution >= 0.6 is 11.8 Å². The Morgan fingerprint density at radius 3 is 2.53 bits per heavy atom. The summed E-state index contributed by atoms with van der Waals surface area (Å²) in [5, 5.41) is 0.745. The quantitative estimate of drug-likeness (QED) is 0.649. The standard InChI is InChI=1S/C14H21NOS/c1-16-13-10-11(15)8-9-14(13)17-12-6-4-2-3-5-7-12/h8-10,12H,2-7,15H2,1H3. The van der Waals surface area contributed by atoms with E-state index in [0.717, 1.165) is 16.7 Å². The number of hydrogen-bond acceptors (Lipinski definition) is 3. The Hall–Kier alpha value is -0.830. The zero-order valence-corrected chi connectivity index (χ0v) is 11.3. The van der Waals surface area contributed by atoms with Crippen molar-refractivity contribution >= 4 is 17.4 Å². The first-order chi connectivity index (χ1) is 8.29. The van der Waals surface area contributed by atoms with Gasteiger partial charge >= 0.3 is 0 Å². The molecular formula is C14H21NOS. The summed E-state index contributed by atoms with van der Waals surface area (Å²) in [5.41, 5.74) is 6.54. The Morgan fingerprint density at radius 2 is 1.88 bits per heavy atom. The molecule has 2 rings (SSSR count). The molecular weight excluding hydrogens is 230 g/mol. The van der Waals surface area contributed by atoms with E-state index in [-0.39, 0.29) is 0 Å². The van der Waals surface area contributed by atoms with Gasteiger partial charge in [-0.2, -0.15) is 0 Å². The van der Waals surface area contributed by atoms with Gasteiger partial charge in [-0.25, -0.2) is 0 Å². The molecule has 0 bridgehead atoms. The number of benzene rings is 1. The van der Waals surface area contributed by atoms with Gasteiger partial charge in [0.25, 0.3) is 0 Å². The fraction of sp³-hybridized carbons (Fsp3) is 0.571. The predicted octanol–water partition coefficient (Wildman–Crippen LogP) is 4.09. The summed E-state index contributed by atoms with van der Waals surface area (Å²) in [5.74, 6) is 0.916. The monoisotopic (exact) mass is 251 g/mol. The average Bonchev–Trinajstić information content (AvgIpc) is 2.60. The molecule has 17 heavy (non-hydrogen) atoms. The molecule has 1 aliphatic rings. The highest BCUT2D eigenvalue weighted by Gasteiger charge is 2.15. The number of anilines is 1. The fourth-order valence-electron chi connectivity index (χ4n) is 2.32. The molecule has 0 spiro atoms. The molecule has 1 aromatic rings. The first-order valence-corrected chi connectivity index (χ1v) is 7.28. The van der Waals surface area contributed by atoms with E-state index >= 15 is 0 Å². The molecule has 1 aliphatic carbocycles. The van der Waals surface area contributed by atoms with Crippen LogP contribution < -0.4 is 10.5 Å². The van der Waals surface area contributed by atoms with Gasteiger partial charge in [0, 0.05) is 21.9 Å². The van der Waals surface area contributed by atoms with Crippen molar-refractivity contribution in [1.29, 1.82) is 0 Å². The van der Waals surface area contributed by atoms with Gasteiger partial charge in [-0.1, -0.05) is 25.7 Å². The third kappa shape index (κ3) is 3.56. The van der Waals surface area contributed by atoms with Crippen LogP contribution in [0.5, 0.6) is 5.75 Å². The largest absolute Gasteiger partial charge is 0.496 e. The maximum absolute atomic E-state index is 5.77. The van der Waals surface area contributed by atoms with Gasteiger partial charge in [-0.05, 0) is 25.0 Å². The minimum absolute atomic E-state index is 0.745. The molecule has 0 heterocycles. The number of nitrogens with two attached hydrogens (primary N) is 1. The second-order valence-corrected chi connectivity index (χ2v) is 5.98. The lowest BCUT2D eigenvalue weighted by atomic mass is 10.2. The lowest BCUT2D eigenvalue weighted by Crippen LogP contribution is -2.01. The molecule has 0 unspecified atom stereocenters. The van der Waals surface area contributed by atoms with Crippen molar-refractivity contribution < 1.29 is 4.74 Å². The number of ether oxygens (including phenoxy) is 1. The van der Waals surface area contributed by atoms with E-state index in [1.54, 1.807) is 7.11 Å². The molecule has 1 aromatic carbocycles. The van der Waals surface area contributed by atoms with Crippen LogP contribution in [0.1, 0.15) is 38.5 Å². The average molecular weight is 251 g/mol. The van der Waals surface area contributed by atoms with Crippen LogP contribution in [0, 0.1) is 0 Å². The van der Waals surface area contributed by atoms with Gasteiger partial charge in [0.15, 0.2) is 0 Å². The van der Waals surface area contributed by atoms with E-state index in [1.165, 1.54) is 43.4 Å². The minimum Gasteiger partial charge on any atom is -0.496 e. The van der Waals surface area contributed by atoms with Gasteiger partial charge in [0.2, 0.25) is 0 Å². The van der Waals surface area contributed by atoms with E-state index in [9.17, 15) is 0 Å². The van der Waals surface area contributed by atoms with Crippen LogP contribution in [-0.4, -0.2) is 12.4 Å². The summed E-state index contributed by atoms with van der Waals surface area (Å²) in [7, 11) is 1.71. The highest BCUT2D eigenvalue weighted by atomic mass is 32.2. The summed E-state index contributed by atoms with van der Waals surface area (Å²) in [6, 6.07) is 5.96. The van der Waals surface area contributed by atoms with Gasteiger partial charge in [0.05, 0.1) is 7.11 Å². The Kier molecular flexibility index (Phi) is 4.60. The topological polar surface area (TPSA) is 35.2 Å². The summed E-state index contributed by atoms with van der Waals surface area (Å²) in [4.78, 5) is 1.23. The highest BCUT2D eigenvalue weighted by Crippen LogP contribution is 2.38. The van der Waals surface area contributed by atoms with Crippen LogP contribution in [0.15, 0.2) is 23.1 Å². The first kappa shape index (κ1) is 12.6. The number of thioether (sulfide) groups is 1. The van der Waals surface area contributed by atoms with Crippen molar-refractivity contribution in [3.63, 3.8) is 0 Å². The maximum Gasteiger partial charge on any atom is 0.134 e. The Bertz CT molecular complexity index is 359. The zero-order valence-electron chi connectivity index (χ0n) is 10.4. The molecule has 0 atom stereocenters. The predicted molar refractivity (Wildman–Crippen MR) is 74.8 cm³/mol. The molecule has 0 radical (unpaired) electrons. The van der Waals surface area contributed by atoms with Crippen molar-refractivity contribution in [2.45, 2.75) is 48.7 Å². The van der Waals surface area contributed by atoms with Crippen LogP contribution in [0.25, 0.3) is 0 Å². The first-order valence-electron chi connectivity index (χ1n) is 6.40. The highest BCUT2D eigenvalue weighted by molar-refractivity contribution is 8.00. The van der Waals surface area contributed by atoms with Crippen LogP contribution in [0.4, 0.5) is 5.69 Å². The van der Waals surface area contributed by atoms with E-state index in [0.29, 0.717) is 0 Å². The fourth-order valence-corrected chi connectivity index (χ4v) is 3.65. The lowest BCUT2D eigenvalue weighted by molar-refractivity contribution is 0.405. The van der Waals surface area contributed by atoms with Crippen LogP contribution in [0.3, 0.4) is 0 Å². The zero-order chi connectivity index (χ0) is 12.1. The van der Waals surface area contributed by atoms with Gasteiger partial charge in [-0.15, -0.1) is 11.8 Å². The van der Waals surface area contributed by atoms with Gasteiger partial charge in [0.1, 0.15) is 5.75 Å². The van der Waals surface area contributed by atoms with E-state index in [1.807, 2.05) is 23.9 Å². The SMILES string of the molecule is COc1cc(N)ccc1SC1CCCCCC1. The number of hydrogen-bond donors (Lipinski definition) is 1. The molecule has 94 valence electrons. The molecule has 2 nitrogen and oxygen atoms in total. The lowest BCUT2D eigenvalue weighted by Gasteiger charge is -2.16. The van der Waals surface area contributed by atoms with Crippen LogP contribution in [0.2, 0.25) is 0 Å². The Labute approximate surface area is 108 Å². The Morgan fingerprint density at radius 1 is 1.18 bits per heavy atom.